The van der Waals surface area contributed by atoms with Crippen LogP contribution in [0.1, 0.15) is 0 Å². The zero-order chi connectivity index (χ0) is 12.3. The second-order valence-electron chi connectivity index (χ2n) is 3.14. The Morgan fingerprint density at radius 2 is 2.06 bits per heavy atom. The first-order chi connectivity index (χ1) is 8.19. The molecule has 1 aromatic carbocycles. The van der Waals surface area contributed by atoms with Gasteiger partial charge >= 0.3 is 0 Å². The highest BCUT2D eigenvalue weighted by Gasteiger charge is 2.04. The third-order valence-electron chi connectivity index (χ3n) is 1.98. The lowest BCUT2D eigenvalue weighted by Crippen LogP contribution is -2.10. The largest absolute Gasteiger partial charge is 0.450 e. The number of nitrogens with one attached hydrogen (secondary N) is 1. The summed E-state index contributed by atoms with van der Waals surface area (Å²) in [6, 6.07) is 6.75. The molecule has 0 saturated carbocycles. The second-order valence-corrected chi connectivity index (χ2v) is 4.37. The maximum Gasteiger partial charge on any atom is 0.294 e. The van der Waals surface area contributed by atoms with E-state index in [9.17, 15) is 4.79 Å². The van der Waals surface area contributed by atoms with Crippen molar-refractivity contribution in [1.82, 2.24) is 9.97 Å². The highest BCUT2D eigenvalue weighted by molar-refractivity contribution is 7.98. The average Bonchev–Trinajstić information content (AvgIpc) is 2.34. The summed E-state index contributed by atoms with van der Waals surface area (Å²) in [6.07, 6.45) is 3.23. The molecule has 0 aliphatic rings. The molecule has 1 aromatic heterocycles. The number of H-pyrrole nitrogens is 1. The number of halogens is 1. The quantitative estimate of drug-likeness (QED) is 0.687. The van der Waals surface area contributed by atoms with Gasteiger partial charge in [0.2, 0.25) is 5.75 Å². The Kier molecular flexibility index (Phi) is 3.71. The van der Waals surface area contributed by atoms with Gasteiger partial charge in [0.05, 0.1) is 6.20 Å². The molecule has 1 N–H and O–H groups in total. The van der Waals surface area contributed by atoms with Crippen LogP contribution < -0.4 is 10.3 Å². The molecule has 0 fully saturated rings. The molecule has 0 aliphatic heterocycles. The number of benzene rings is 1. The summed E-state index contributed by atoms with van der Waals surface area (Å²) < 4.78 is 5.39. The van der Waals surface area contributed by atoms with Gasteiger partial charge in [0, 0.05) is 5.02 Å². The molecule has 2 aromatic rings. The average molecular weight is 269 g/mol. The summed E-state index contributed by atoms with van der Waals surface area (Å²) in [5.41, 5.74) is -0.306. The summed E-state index contributed by atoms with van der Waals surface area (Å²) >= 11 is 7.11. The van der Waals surface area contributed by atoms with Crippen LogP contribution in [0.2, 0.25) is 5.02 Å². The van der Waals surface area contributed by atoms with E-state index in [-0.39, 0.29) is 11.3 Å². The van der Waals surface area contributed by atoms with E-state index in [0.29, 0.717) is 15.9 Å². The van der Waals surface area contributed by atoms with Crippen LogP contribution in [0.4, 0.5) is 0 Å². The summed E-state index contributed by atoms with van der Waals surface area (Å²) in [7, 11) is 0. The molecule has 2 rings (SSSR count). The lowest BCUT2D eigenvalue weighted by molar-refractivity contribution is 0.469. The minimum absolute atomic E-state index is 0.158. The number of hydrogen-bond acceptors (Lipinski definition) is 4. The van der Waals surface area contributed by atoms with Crippen molar-refractivity contribution in [3.63, 3.8) is 0 Å². The first kappa shape index (κ1) is 12.0. The highest BCUT2D eigenvalue weighted by Crippen LogP contribution is 2.20. The Labute approximate surface area is 107 Å². The normalized spacial score (nSPS) is 10.2. The van der Waals surface area contributed by atoms with Crippen molar-refractivity contribution in [2.24, 2.45) is 0 Å². The van der Waals surface area contributed by atoms with E-state index in [1.807, 2.05) is 6.26 Å². The van der Waals surface area contributed by atoms with E-state index in [2.05, 4.69) is 9.97 Å². The van der Waals surface area contributed by atoms with Gasteiger partial charge in [0.1, 0.15) is 5.75 Å². The van der Waals surface area contributed by atoms with Crippen molar-refractivity contribution in [2.45, 2.75) is 5.16 Å². The molecule has 0 spiro atoms. The molecular formula is C11H9ClN2O2S. The number of aromatic amines is 1. The van der Waals surface area contributed by atoms with Gasteiger partial charge in [-0.25, -0.2) is 4.98 Å². The van der Waals surface area contributed by atoms with Crippen LogP contribution >= 0.6 is 23.4 Å². The number of nitrogens with zero attached hydrogens (tertiary/aromatic N) is 1. The van der Waals surface area contributed by atoms with Gasteiger partial charge in [-0.05, 0) is 30.5 Å². The van der Waals surface area contributed by atoms with Crippen LogP contribution in [0.25, 0.3) is 0 Å². The van der Waals surface area contributed by atoms with E-state index in [1.54, 1.807) is 24.3 Å². The molecule has 0 unspecified atom stereocenters. The maximum atomic E-state index is 11.6. The van der Waals surface area contributed by atoms with Crippen molar-refractivity contribution in [2.75, 3.05) is 6.26 Å². The van der Waals surface area contributed by atoms with Crippen LogP contribution in [0, 0.1) is 0 Å². The van der Waals surface area contributed by atoms with Crippen molar-refractivity contribution in [3.05, 3.63) is 45.8 Å². The fourth-order valence-corrected chi connectivity index (χ4v) is 1.65. The van der Waals surface area contributed by atoms with E-state index in [0.717, 1.165) is 0 Å². The Bertz CT molecular complexity index is 568. The minimum atomic E-state index is -0.306. The van der Waals surface area contributed by atoms with E-state index >= 15 is 0 Å². The maximum absolute atomic E-state index is 11.6. The van der Waals surface area contributed by atoms with Crippen molar-refractivity contribution in [1.29, 1.82) is 0 Å². The second kappa shape index (κ2) is 5.25. The SMILES string of the molecule is CSc1ncc(Oc2ccc(Cl)cc2)c(=O)[nH]1. The number of aromatic nitrogens is 2. The molecule has 0 aliphatic carbocycles. The Morgan fingerprint density at radius 1 is 1.35 bits per heavy atom. The summed E-state index contributed by atoms with van der Waals surface area (Å²) in [6.45, 7) is 0. The predicted octanol–water partition coefficient (Wildman–Crippen LogP) is 2.94. The smallest absolute Gasteiger partial charge is 0.294 e. The zero-order valence-electron chi connectivity index (χ0n) is 8.94. The molecule has 4 nitrogen and oxygen atoms in total. The van der Waals surface area contributed by atoms with E-state index in [4.69, 9.17) is 16.3 Å². The van der Waals surface area contributed by atoms with Crippen molar-refractivity contribution < 1.29 is 4.74 Å². The van der Waals surface area contributed by atoms with Gasteiger partial charge in [-0.2, -0.15) is 0 Å². The molecule has 1 heterocycles. The van der Waals surface area contributed by atoms with Gasteiger partial charge < -0.3 is 4.74 Å². The van der Waals surface area contributed by atoms with E-state index < -0.39 is 0 Å². The van der Waals surface area contributed by atoms with Gasteiger partial charge in [-0.15, -0.1) is 0 Å². The fraction of sp³-hybridized carbons (Fsp3) is 0.0909. The van der Waals surface area contributed by atoms with Gasteiger partial charge in [0.15, 0.2) is 5.16 Å². The monoisotopic (exact) mass is 268 g/mol. The fourth-order valence-electron chi connectivity index (χ4n) is 1.17. The third-order valence-corrected chi connectivity index (χ3v) is 2.82. The van der Waals surface area contributed by atoms with Crippen molar-refractivity contribution >= 4 is 23.4 Å². The first-order valence-electron chi connectivity index (χ1n) is 4.76. The highest BCUT2D eigenvalue weighted by atomic mass is 35.5. The van der Waals surface area contributed by atoms with Crippen LogP contribution in [-0.4, -0.2) is 16.2 Å². The molecule has 6 heteroatoms. The molecule has 88 valence electrons. The van der Waals surface area contributed by atoms with Crippen LogP contribution in [-0.2, 0) is 0 Å². The lowest BCUT2D eigenvalue weighted by atomic mass is 10.3. The van der Waals surface area contributed by atoms with Crippen LogP contribution in [0.3, 0.4) is 0 Å². The van der Waals surface area contributed by atoms with Crippen molar-refractivity contribution in [3.8, 4) is 11.5 Å². The summed E-state index contributed by atoms with van der Waals surface area (Å²) in [5.74, 6) is 0.698. The Balaban J connectivity index is 2.24. The third kappa shape index (κ3) is 3.01. The van der Waals surface area contributed by atoms with E-state index in [1.165, 1.54) is 18.0 Å². The number of thioether (sulfide) groups is 1. The molecule has 0 bridgehead atoms. The predicted molar refractivity (Wildman–Crippen MR) is 68.2 cm³/mol. The topological polar surface area (TPSA) is 55.0 Å². The van der Waals surface area contributed by atoms with Gasteiger partial charge in [0.25, 0.3) is 5.56 Å². The minimum Gasteiger partial charge on any atom is -0.450 e. The first-order valence-corrected chi connectivity index (χ1v) is 6.36. The molecule has 0 amide bonds. The molecule has 0 radical (unpaired) electrons. The Morgan fingerprint density at radius 3 is 2.65 bits per heavy atom. The summed E-state index contributed by atoms with van der Waals surface area (Å²) in [4.78, 5) is 18.2. The molecule has 17 heavy (non-hydrogen) atoms. The molecule has 0 atom stereocenters. The standard InChI is InChI=1S/C11H9ClN2O2S/c1-17-11-13-6-9(10(15)14-11)16-8-4-2-7(12)3-5-8/h2-6H,1H3,(H,13,14,15). The number of rotatable bonds is 3. The zero-order valence-corrected chi connectivity index (χ0v) is 10.5. The van der Waals surface area contributed by atoms with Crippen LogP contribution in [0.15, 0.2) is 40.4 Å². The summed E-state index contributed by atoms with van der Waals surface area (Å²) in [5, 5.41) is 1.17. The van der Waals surface area contributed by atoms with Gasteiger partial charge in [-0.1, -0.05) is 23.4 Å². The number of ether oxygens (including phenoxy) is 1. The lowest BCUT2D eigenvalue weighted by Gasteiger charge is -2.04. The number of hydrogen-bond donors (Lipinski definition) is 1. The van der Waals surface area contributed by atoms with Crippen LogP contribution in [0.5, 0.6) is 11.5 Å². The Hall–Kier alpha value is -1.46. The molecule has 0 saturated heterocycles. The molecular weight excluding hydrogens is 260 g/mol. The van der Waals surface area contributed by atoms with Gasteiger partial charge in [-0.3, -0.25) is 9.78 Å².